The first kappa shape index (κ1) is 22.5. The smallest absolute Gasteiger partial charge is 0.268 e. The van der Waals surface area contributed by atoms with E-state index in [0.29, 0.717) is 23.1 Å². The summed E-state index contributed by atoms with van der Waals surface area (Å²) in [6.45, 7) is -0.00904. The molecule has 0 saturated carbocycles. The van der Waals surface area contributed by atoms with Crippen molar-refractivity contribution in [1.82, 2.24) is 15.2 Å². The monoisotopic (exact) mass is 477 g/mol. The van der Waals surface area contributed by atoms with Gasteiger partial charge in [-0.2, -0.15) is 5.26 Å². The van der Waals surface area contributed by atoms with Crippen molar-refractivity contribution in [3.05, 3.63) is 54.2 Å². The summed E-state index contributed by atoms with van der Waals surface area (Å²) >= 11 is 0. The lowest BCUT2D eigenvalue weighted by Crippen LogP contribution is -2.43. The van der Waals surface area contributed by atoms with Crippen LogP contribution in [0.3, 0.4) is 0 Å². The van der Waals surface area contributed by atoms with Crippen molar-refractivity contribution in [2.24, 2.45) is 0 Å². The zero-order valence-corrected chi connectivity index (χ0v) is 18.6. The molecule has 10 heteroatoms. The van der Waals surface area contributed by atoms with Gasteiger partial charge in [0.25, 0.3) is 11.8 Å². The Labute approximate surface area is 199 Å². The molecule has 2 aromatic carbocycles. The van der Waals surface area contributed by atoms with Gasteiger partial charge in [0.1, 0.15) is 18.4 Å². The minimum atomic E-state index is -3.12. The van der Waals surface area contributed by atoms with E-state index in [1.165, 1.54) is 12.3 Å². The van der Waals surface area contributed by atoms with Crippen LogP contribution in [-0.2, 0) is 4.79 Å². The lowest BCUT2D eigenvalue weighted by atomic mass is 10.00. The Hall–Kier alpha value is -4.26. The molecule has 1 fully saturated rings. The lowest BCUT2D eigenvalue weighted by molar-refractivity contribution is -0.131. The zero-order valence-electron chi connectivity index (χ0n) is 18.6. The van der Waals surface area contributed by atoms with Gasteiger partial charge in [0.2, 0.25) is 5.91 Å². The highest BCUT2D eigenvalue weighted by Crippen LogP contribution is 2.34. The molecule has 0 radical (unpaired) electrons. The fourth-order valence-electron chi connectivity index (χ4n) is 4.38. The van der Waals surface area contributed by atoms with E-state index in [-0.39, 0.29) is 0 Å². The number of halogens is 2. The molecule has 0 aliphatic carbocycles. The number of alkyl halides is 2. The number of amides is 2. The van der Waals surface area contributed by atoms with Gasteiger partial charge in [-0.05, 0) is 41.5 Å². The molecule has 2 aliphatic heterocycles. The van der Waals surface area contributed by atoms with E-state index in [0.717, 1.165) is 34.0 Å². The lowest BCUT2D eigenvalue weighted by Gasteiger charge is -2.20. The summed E-state index contributed by atoms with van der Waals surface area (Å²) in [5.74, 6) is -3.64. The van der Waals surface area contributed by atoms with E-state index in [4.69, 9.17) is 10.00 Å². The standard InChI is InChI=1S/C25H21F2N5O3/c26-25(27)11-17(12-28)32(14-25)23(33)13-31-24(34)18-5-6-29-20-3-1-15(9-19(18)20)16-2-4-21-22(10-16)35-8-7-30-21/h1-6,9-10,17,30H,7-8,11,13-14H2,(H,31,34). The van der Waals surface area contributed by atoms with Crippen molar-refractivity contribution in [1.29, 1.82) is 5.26 Å². The second-order valence-corrected chi connectivity index (χ2v) is 8.49. The number of aromatic nitrogens is 1. The molecule has 1 saturated heterocycles. The third kappa shape index (κ3) is 4.45. The van der Waals surface area contributed by atoms with Crippen LogP contribution in [0, 0.1) is 11.3 Å². The van der Waals surface area contributed by atoms with Crippen LogP contribution < -0.4 is 15.4 Å². The topological polar surface area (TPSA) is 107 Å². The third-order valence-corrected chi connectivity index (χ3v) is 6.12. The normalized spacial score (nSPS) is 18.2. The predicted molar refractivity (Wildman–Crippen MR) is 124 cm³/mol. The maximum Gasteiger partial charge on any atom is 0.268 e. The van der Waals surface area contributed by atoms with Crippen LogP contribution in [0.2, 0.25) is 0 Å². The van der Waals surface area contributed by atoms with Crippen LogP contribution in [-0.4, -0.2) is 59.9 Å². The van der Waals surface area contributed by atoms with Crippen molar-refractivity contribution >= 4 is 28.4 Å². The molecule has 0 bridgehead atoms. The molecular formula is C25H21F2N5O3. The van der Waals surface area contributed by atoms with Gasteiger partial charge < -0.3 is 20.3 Å². The molecule has 1 aromatic heterocycles. The van der Waals surface area contributed by atoms with Gasteiger partial charge in [0.05, 0.1) is 35.9 Å². The summed E-state index contributed by atoms with van der Waals surface area (Å²) in [4.78, 5) is 30.5. The number of nitriles is 1. The number of carbonyl (C=O) groups excluding carboxylic acids is 2. The summed E-state index contributed by atoms with van der Waals surface area (Å²) < 4.78 is 33.0. The van der Waals surface area contributed by atoms with Crippen molar-refractivity contribution in [2.45, 2.75) is 18.4 Å². The fraction of sp³-hybridized carbons (Fsp3) is 0.280. The highest BCUT2D eigenvalue weighted by Gasteiger charge is 2.47. The highest BCUT2D eigenvalue weighted by atomic mass is 19.3. The minimum Gasteiger partial charge on any atom is -0.490 e. The summed E-state index contributed by atoms with van der Waals surface area (Å²) in [6, 6.07) is 13.4. The van der Waals surface area contributed by atoms with E-state index >= 15 is 0 Å². The third-order valence-electron chi connectivity index (χ3n) is 6.12. The first-order valence-electron chi connectivity index (χ1n) is 11.1. The molecular weight excluding hydrogens is 456 g/mol. The first-order valence-corrected chi connectivity index (χ1v) is 11.1. The second kappa shape index (κ2) is 8.83. The predicted octanol–water partition coefficient (Wildman–Crippen LogP) is 3.20. The molecule has 3 heterocycles. The van der Waals surface area contributed by atoms with Crippen molar-refractivity contribution in [2.75, 3.05) is 31.6 Å². The fourth-order valence-corrected chi connectivity index (χ4v) is 4.38. The molecule has 5 rings (SSSR count). The van der Waals surface area contributed by atoms with Crippen LogP contribution in [0.4, 0.5) is 14.5 Å². The summed E-state index contributed by atoms with van der Waals surface area (Å²) in [5.41, 5.74) is 3.55. The Balaban J connectivity index is 1.37. The Morgan fingerprint density at radius 2 is 2.03 bits per heavy atom. The van der Waals surface area contributed by atoms with Crippen LogP contribution in [0.5, 0.6) is 5.75 Å². The van der Waals surface area contributed by atoms with E-state index < -0.39 is 43.3 Å². The van der Waals surface area contributed by atoms with Crippen LogP contribution in [0.25, 0.3) is 22.0 Å². The number of hydrogen-bond acceptors (Lipinski definition) is 6. The number of anilines is 1. The van der Waals surface area contributed by atoms with Crippen LogP contribution in [0.15, 0.2) is 48.7 Å². The maximum absolute atomic E-state index is 13.7. The van der Waals surface area contributed by atoms with Gasteiger partial charge in [0, 0.05) is 24.5 Å². The Morgan fingerprint density at radius 3 is 2.86 bits per heavy atom. The number of nitrogens with zero attached hydrogens (tertiary/aromatic N) is 3. The van der Waals surface area contributed by atoms with Gasteiger partial charge in [-0.25, -0.2) is 8.78 Å². The average Bonchev–Trinajstić information content (AvgIpc) is 3.20. The van der Waals surface area contributed by atoms with Crippen LogP contribution in [0.1, 0.15) is 16.8 Å². The number of ether oxygens (including phenoxy) is 1. The molecule has 2 amide bonds. The summed E-state index contributed by atoms with van der Waals surface area (Å²) in [7, 11) is 0. The highest BCUT2D eigenvalue weighted by molar-refractivity contribution is 6.07. The van der Waals surface area contributed by atoms with Crippen LogP contribution >= 0.6 is 0 Å². The zero-order chi connectivity index (χ0) is 24.6. The number of pyridine rings is 1. The maximum atomic E-state index is 13.7. The number of hydrogen-bond donors (Lipinski definition) is 2. The number of rotatable bonds is 4. The molecule has 178 valence electrons. The van der Waals surface area contributed by atoms with Gasteiger partial charge in [-0.3, -0.25) is 14.6 Å². The molecule has 2 aliphatic rings. The first-order chi connectivity index (χ1) is 16.8. The quantitative estimate of drug-likeness (QED) is 0.598. The minimum absolute atomic E-state index is 0.295. The summed E-state index contributed by atoms with van der Waals surface area (Å²) in [6.07, 6.45) is 0.786. The Morgan fingerprint density at radius 1 is 1.23 bits per heavy atom. The van der Waals surface area contributed by atoms with Gasteiger partial charge >= 0.3 is 0 Å². The van der Waals surface area contributed by atoms with Gasteiger partial charge in [-0.1, -0.05) is 12.1 Å². The van der Waals surface area contributed by atoms with Crippen molar-refractivity contribution in [3.8, 4) is 22.9 Å². The molecule has 2 N–H and O–H groups in total. The van der Waals surface area contributed by atoms with E-state index in [2.05, 4.69) is 15.6 Å². The average molecular weight is 477 g/mol. The second-order valence-electron chi connectivity index (χ2n) is 8.49. The largest absolute Gasteiger partial charge is 0.490 e. The summed E-state index contributed by atoms with van der Waals surface area (Å²) in [5, 5.41) is 15.4. The van der Waals surface area contributed by atoms with Gasteiger partial charge in [0.15, 0.2) is 0 Å². The number of carbonyl (C=O) groups is 2. The molecule has 1 atom stereocenters. The molecule has 1 unspecified atom stereocenters. The molecule has 35 heavy (non-hydrogen) atoms. The Bertz CT molecular complexity index is 1370. The van der Waals surface area contributed by atoms with Gasteiger partial charge in [-0.15, -0.1) is 0 Å². The van der Waals surface area contributed by atoms with E-state index in [1.807, 2.05) is 30.3 Å². The van der Waals surface area contributed by atoms with Crippen molar-refractivity contribution in [3.63, 3.8) is 0 Å². The SMILES string of the molecule is N#CC1CC(F)(F)CN1C(=O)CNC(=O)c1ccnc2ccc(-c3ccc4c(c3)OCCN4)cc12. The Kier molecular flexibility index (Phi) is 5.68. The molecule has 0 spiro atoms. The number of likely N-dealkylation sites (tertiary alicyclic amines) is 1. The van der Waals surface area contributed by atoms with Crippen molar-refractivity contribution < 1.29 is 23.1 Å². The number of fused-ring (bicyclic) bond motifs is 2. The number of benzene rings is 2. The molecule has 8 nitrogen and oxygen atoms in total. The van der Waals surface area contributed by atoms with E-state index in [9.17, 15) is 18.4 Å². The van der Waals surface area contributed by atoms with E-state index in [1.54, 1.807) is 12.1 Å². The number of nitrogens with one attached hydrogen (secondary N) is 2. The molecule has 3 aromatic rings.